The zero-order valence-corrected chi connectivity index (χ0v) is 5.92. The smallest absolute Gasteiger partial charge is 0.304 e. The van der Waals surface area contributed by atoms with Crippen LogP contribution in [0.5, 0.6) is 0 Å². The fourth-order valence-corrected chi connectivity index (χ4v) is 0.455. The standard InChI is InChI=1S/C7H11NO2/c1-3-6(2)8-5-4-7(9)10/h1,6,8H,4-5H2,2H3,(H,9,10). The summed E-state index contributed by atoms with van der Waals surface area (Å²) in [5.41, 5.74) is 0. The Morgan fingerprint density at radius 1 is 1.90 bits per heavy atom. The summed E-state index contributed by atoms with van der Waals surface area (Å²) in [6.07, 6.45) is 5.15. The van der Waals surface area contributed by atoms with Gasteiger partial charge in [-0.2, -0.15) is 0 Å². The van der Waals surface area contributed by atoms with E-state index in [1.807, 2.05) is 6.92 Å². The Morgan fingerprint density at radius 2 is 2.50 bits per heavy atom. The summed E-state index contributed by atoms with van der Waals surface area (Å²) in [6, 6.07) is -0.0423. The zero-order chi connectivity index (χ0) is 7.98. The molecule has 1 atom stereocenters. The SMILES string of the molecule is C#CC(C)NCCC(=O)O. The van der Waals surface area contributed by atoms with E-state index in [-0.39, 0.29) is 12.5 Å². The molecule has 0 saturated heterocycles. The van der Waals surface area contributed by atoms with Gasteiger partial charge in [0.05, 0.1) is 12.5 Å². The molecule has 0 saturated carbocycles. The molecule has 3 heteroatoms. The predicted octanol–water partition coefficient (Wildman–Crippen LogP) is 0.0724. The molecular weight excluding hydrogens is 130 g/mol. The van der Waals surface area contributed by atoms with Crippen LogP contribution < -0.4 is 5.32 Å². The van der Waals surface area contributed by atoms with Gasteiger partial charge in [0.15, 0.2) is 0 Å². The maximum Gasteiger partial charge on any atom is 0.304 e. The largest absolute Gasteiger partial charge is 0.481 e. The van der Waals surface area contributed by atoms with Gasteiger partial charge in [0.1, 0.15) is 0 Å². The highest BCUT2D eigenvalue weighted by molar-refractivity contribution is 5.66. The van der Waals surface area contributed by atoms with Crippen molar-refractivity contribution < 1.29 is 9.90 Å². The number of hydrogen-bond acceptors (Lipinski definition) is 2. The molecule has 10 heavy (non-hydrogen) atoms. The van der Waals surface area contributed by atoms with Crippen LogP contribution in [0, 0.1) is 12.3 Å². The highest BCUT2D eigenvalue weighted by Gasteiger charge is 1.97. The number of carboxylic acid groups (broad SMARTS) is 1. The number of carboxylic acids is 1. The Bertz CT molecular complexity index is 148. The van der Waals surface area contributed by atoms with E-state index in [9.17, 15) is 4.79 Å². The number of hydrogen-bond donors (Lipinski definition) is 2. The summed E-state index contributed by atoms with van der Waals surface area (Å²) >= 11 is 0. The fraction of sp³-hybridized carbons (Fsp3) is 0.571. The summed E-state index contributed by atoms with van der Waals surface area (Å²) in [7, 11) is 0. The van der Waals surface area contributed by atoms with Crippen LogP contribution in [0.2, 0.25) is 0 Å². The molecule has 0 aliphatic rings. The molecule has 0 radical (unpaired) electrons. The lowest BCUT2D eigenvalue weighted by Gasteiger charge is -2.03. The number of terminal acetylenes is 1. The van der Waals surface area contributed by atoms with Crippen molar-refractivity contribution in [1.82, 2.24) is 5.32 Å². The number of carbonyl (C=O) groups is 1. The first kappa shape index (κ1) is 8.99. The van der Waals surface area contributed by atoms with Crippen LogP contribution in [0.1, 0.15) is 13.3 Å². The average molecular weight is 141 g/mol. The first-order chi connectivity index (χ1) is 4.66. The van der Waals surface area contributed by atoms with Gasteiger partial charge < -0.3 is 10.4 Å². The lowest BCUT2D eigenvalue weighted by atomic mass is 10.3. The van der Waals surface area contributed by atoms with E-state index in [2.05, 4.69) is 11.2 Å². The Hall–Kier alpha value is -1.01. The highest BCUT2D eigenvalue weighted by Crippen LogP contribution is 1.79. The van der Waals surface area contributed by atoms with Crippen molar-refractivity contribution in [1.29, 1.82) is 0 Å². The first-order valence-corrected chi connectivity index (χ1v) is 3.08. The fourth-order valence-electron chi connectivity index (χ4n) is 0.455. The van der Waals surface area contributed by atoms with Crippen molar-refractivity contribution >= 4 is 5.97 Å². The molecule has 0 fully saturated rings. The molecule has 0 spiro atoms. The lowest BCUT2D eigenvalue weighted by Crippen LogP contribution is -2.26. The molecule has 3 nitrogen and oxygen atoms in total. The van der Waals surface area contributed by atoms with Crippen molar-refractivity contribution in [2.75, 3.05) is 6.54 Å². The highest BCUT2D eigenvalue weighted by atomic mass is 16.4. The third-order valence-corrected chi connectivity index (χ3v) is 1.04. The normalized spacial score (nSPS) is 12.0. The topological polar surface area (TPSA) is 49.3 Å². The molecule has 0 amide bonds. The maximum atomic E-state index is 9.98. The molecule has 56 valence electrons. The average Bonchev–Trinajstić information content (AvgIpc) is 1.87. The van der Waals surface area contributed by atoms with Gasteiger partial charge in [0.25, 0.3) is 0 Å². The molecule has 0 bridgehead atoms. The van der Waals surface area contributed by atoms with E-state index in [1.54, 1.807) is 0 Å². The summed E-state index contributed by atoms with van der Waals surface area (Å²) in [5.74, 6) is 1.63. The third-order valence-electron chi connectivity index (χ3n) is 1.04. The minimum atomic E-state index is -0.809. The van der Waals surface area contributed by atoms with E-state index in [0.717, 1.165) is 0 Å². The van der Waals surface area contributed by atoms with Gasteiger partial charge in [-0.15, -0.1) is 6.42 Å². The molecule has 0 heterocycles. The van der Waals surface area contributed by atoms with E-state index >= 15 is 0 Å². The van der Waals surface area contributed by atoms with Gasteiger partial charge >= 0.3 is 5.97 Å². The second kappa shape index (κ2) is 4.83. The van der Waals surface area contributed by atoms with Gasteiger partial charge in [-0.3, -0.25) is 4.79 Å². The van der Waals surface area contributed by atoms with Crippen molar-refractivity contribution in [2.24, 2.45) is 0 Å². The lowest BCUT2D eigenvalue weighted by molar-refractivity contribution is -0.136. The minimum Gasteiger partial charge on any atom is -0.481 e. The summed E-state index contributed by atoms with van der Waals surface area (Å²) in [6.45, 7) is 2.24. The van der Waals surface area contributed by atoms with Crippen LogP contribution in [-0.2, 0) is 4.79 Å². The van der Waals surface area contributed by atoms with Gasteiger partial charge in [-0.05, 0) is 6.92 Å². The van der Waals surface area contributed by atoms with Gasteiger partial charge in [-0.25, -0.2) is 0 Å². The maximum absolute atomic E-state index is 9.98. The molecular formula is C7H11NO2. The van der Waals surface area contributed by atoms with Crippen LogP contribution >= 0.6 is 0 Å². The van der Waals surface area contributed by atoms with Gasteiger partial charge in [0.2, 0.25) is 0 Å². The molecule has 2 N–H and O–H groups in total. The van der Waals surface area contributed by atoms with E-state index in [1.165, 1.54) is 0 Å². The Morgan fingerprint density at radius 3 is 2.90 bits per heavy atom. The number of rotatable bonds is 4. The van der Waals surface area contributed by atoms with Gasteiger partial charge in [0, 0.05) is 6.54 Å². The monoisotopic (exact) mass is 141 g/mol. The van der Waals surface area contributed by atoms with Gasteiger partial charge in [-0.1, -0.05) is 5.92 Å². The van der Waals surface area contributed by atoms with Crippen molar-refractivity contribution in [3.63, 3.8) is 0 Å². The Balaban J connectivity index is 3.22. The number of aliphatic carboxylic acids is 1. The third kappa shape index (κ3) is 5.13. The Kier molecular flexibility index (Phi) is 4.34. The van der Waals surface area contributed by atoms with Crippen LogP contribution in [0.15, 0.2) is 0 Å². The molecule has 0 aliphatic heterocycles. The molecule has 0 aromatic rings. The van der Waals surface area contributed by atoms with Crippen molar-refractivity contribution in [2.45, 2.75) is 19.4 Å². The van der Waals surface area contributed by atoms with E-state index in [4.69, 9.17) is 11.5 Å². The van der Waals surface area contributed by atoms with Crippen LogP contribution in [0.3, 0.4) is 0 Å². The summed E-state index contributed by atoms with van der Waals surface area (Å²) in [5, 5.41) is 11.1. The van der Waals surface area contributed by atoms with Crippen LogP contribution in [0.4, 0.5) is 0 Å². The van der Waals surface area contributed by atoms with Crippen LogP contribution in [0.25, 0.3) is 0 Å². The quantitative estimate of drug-likeness (QED) is 0.545. The molecule has 0 aromatic heterocycles. The second-order valence-corrected chi connectivity index (χ2v) is 1.99. The predicted molar refractivity (Wildman–Crippen MR) is 38.6 cm³/mol. The molecule has 1 unspecified atom stereocenters. The number of nitrogens with one attached hydrogen (secondary N) is 1. The zero-order valence-electron chi connectivity index (χ0n) is 5.92. The molecule has 0 aliphatic carbocycles. The summed E-state index contributed by atoms with van der Waals surface area (Å²) in [4.78, 5) is 9.98. The minimum absolute atomic E-state index is 0.0423. The van der Waals surface area contributed by atoms with E-state index in [0.29, 0.717) is 6.54 Å². The first-order valence-electron chi connectivity index (χ1n) is 3.08. The van der Waals surface area contributed by atoms with Crippen molar-refractivity contribution in [3.05, 3.63) is 0 Å². The van der Waals surface area contributed by atoms with Crippen molar-refractivity contribution in [3.8, 4) is 12.3 Å². The van der Waals surface area contributed by atoms with E-state index < -0.39 is 5.97 Å². The molecule has 0 aromatic carbocycles. The van der Waals surface area contributed by atoms with Crippen LogP contribution in [-0.4, -0.2) is 23.7 Å². The molecule has 0 rings (SSSR count). The Labute approximate surface area is 60.4 Å². The summed E-state index contributed by atoms with van der Waals surface area (Å²) < 4.78 is 0. The second-order valence-electron chi connectivity index (χ2n) is 1.99.